The third-order valence-corrected chi connectivity index (χ3v) is 3.13. The minimum atomic E-state index is 0.480. The zero-order valence-electron chi connectivity index (χ0n) is 10.6. The number of hydrogen-bond acceptors (Lipinski definition) is 1. The molecule has 0 heterocycles. The van der Waals surface area contributed by atoms with Crippen molar-refractivity contribution in [1.82, 2.24) is 5.32 Å². The zero-order valence-corrected chi connectivity index (χ0v) is 10.6. The number of hydrogen-bond donors (Lipinski definition) is 1. The second-order valence-corrected chi connectivity index (χ2v) is 4.57. The van der Waals surface area contributed by atoms with Gasteiger partial charge >= 0.3 is 0 Å². The van der Waals surface area contributed by atoms with Gasteiger partial charge in [-0.05, 0) is 32.4 Å². The predicted octanol–water partition coefficient (Wildman–Crippen LogP) is 3.61. The Balaban J connectivity index is 3.01. The molecule has 0 fully saturated rings. The molecular weight excluding hydrogens is 182 g/mol. The summed E-state index contributed by atoms with van der Waals surface area (Å²) >= 11 is 0. The molecule has 0 spiro atoms. The lowest BCUT2D eigenvalue weighted by atomic mass is 9.91. The van der Waals surface area contributed by atoms with E-state index in [4.69, 9.17) is 0 Å². The summed E-state index contributed by atoms with van der Waals surface area (Å²) in [4.78, 5) is 0. The summed E-state index contributed by atoms with van der Waals surface area (Å²) in [6.07, 6.45) is 1.21. The molecule has 0 bridgehead atoms. The van der Waals surface area contributed by atoms with Gasteiger partial charge in [-0.25, -0.2) is 0 Å². The van der Waals surface area contributed by atoms with E-state index in [9.17, 15) is 0 Å². The molecule has 1 nitrogen and oxygen atoms in total. The highest BCUT2D eigenvalue weighted by Gasteiger charge is 2.15. The molecule has 0 aliphatic heterocycles. The van der Waals surface area contributed by atoms with Crippen LogP contribution in [0.3, 0.4) is 0 Å². The van der Waals surface area contributed by atoms with E-state index in [2.05, 4.69) is 58.3 Å². The summed E-state index contributed by atoms with van der Waals surface area (Å²) in [6.45, 7) is 8.89. The van der Waals surface area contributed by atoms with Crippen LogP contribution in [0, 0.1) is 19.8 Å². The maximum atomic E-state index is 3.42. The first-order valence-electron chi connectivity index (χ1n) is 5.84. The van der Waals surface area contributed by atoms with Crippen LogP contribution in [0.25, 0.3) is 0 Å². The van der Waals surface area contributed by atoms with Gasteiger partial charge in [-0.1, -0.05) is 49.6 Å². The van der Waals surface area contributed by atoms with Crippen LogP contribution in [0.15, 0.2) is 18.2 Å². The van der Waals surface area contributed by atoms with Gasteiger partial charge in [-0.3, -0.25) is 0 Å². The second-order valence-electron chi connectivity index (χ2n) is 4.57. The molecule has 1 aromatic rings. The molecule has 2 atom stereocenters. The van der Waals surface area contributed by atoms with Gasteiger partial charge in [-0.2, -0.15) is 0 Å². The van der Waals surface area contributed by atoms with Crippen LogP contribution in [0.4, 0.5) is 0 Å². The van der Waals surface area contributed by atoms with E-state index in [0.717, 1.165) is 0 Å². The predicted molar refractivity (Wildman–Crippen MR) is 67.2 cm³/mol. The van der Waals surface area contributed by atoms with Crippen molar-refractivity contribution in [2.24, 2.45) is 5.92 Å². The van der Waals surface area contributed by atoms with Crippen molar-refractivity contribution in [1.29, 1.82) is 0 Å². The summed E-state index contributed by atoms with van der Waals surface area (Å²) in [6, 6.07) is 7.29. The summed E-state index contributed by atoms with van der Waals surface area (Å²) in [5, 5.41) is 3.42. The first kappa shape index (κ1) is 12.3. The lowest BCUT2D eigenvalue weighted by Gasteiger charge is -2.23. The molecule has 0 aromatic heterocycles. The van der Waals surface area contributed by atoms with Crippen LogP contribution >= 0.6 is 0 Å². The highest BCUT2D eigenvalue weighted by molar-refractivity contribution is 5.30. The minimum absolute atomic E-state index is 0.480. The second kappa shape index (κ2) is 5.32. The molecule has 1 aromatic carbocycles. The molecular formula is C14H23N. The number of aryl methyl sites for hydroxylation is 2. The van der Waals surface area contributed by atoms with Crippen LogP contribution < -0.4 is 5.32 Å². The van der Waals surface area contributed by atoms with E-state index in [0.29, 0.717) is 12.0 Å². The van der Waals surface area contributed by atoms with E-state index in [1.807, 2.05) is 0 Å². The van der Waals surface area contributed by atoms with Gasteiger partial charge in [0.25, 0.3) is 0 Å². The molecule has 0 saturated heterocycles. The monoisotopic (exact) mass is 205 g/mol. The molecule has 84 valence electrons. The van der Waals surface area contributed by atoms with Crippen molar-refractivity contribution in [2.45, 2.75) is 40.2 Å². The topological polar surface area (TPSA) is 12.0 Å². The molecule has 1 heteroatoms. The standard InChI is InChI=1S/C14H23N/c1-6-12(4)14(15-5)13-8-10(2)7-11(3)9-13/h7-9,12,14-15H,6H2,1-5H3. The average Bonchev–Trinajstić information content (AvgIpc) is 2.17. The van der Waals surface area contributed by atoms with Gasteiger partial charge in [0.15, 0.2) is 0 Å². The molecule has 0 saturated carbocycles. The zero-order chi connectivity index (χ0) is 11.4. The summed E-state index contributed by atoms with van der Waals surface area (Å²) in [7, 11) is 2.05. The third kappa shape index (κ3) is 3.07. The number of benzene rings is 1. The van der Waals surface area contributed by atoms with Gasteiger partial charge < -0.3 is 5.32 Å². The minimum Gasteiger partial charge on any atom is -0.313 e. The highest BCUT2D eigenvalue weighted by atomic mass is 14.9. The van der Waals surface area contributed by atoms with Crippen molar-refractivity contribution in [3.8, 4) is 0 Å². The van der Waals surface area contributed by atoms with Gasteiger partial charge in [-0.15, -0.1) is 0 Å². The Bertz CT molecular complexity index is 297. The summed E-state index contributed by atoms with van der Waals surface area (Å²) in [5.41, 5.74) is 4.13. The van der Waals surface area contributed by atoms with Crippen molar-refractivity contribution < 1.29 is 0 Å². The van der Waals surface area contributed by atoms with E-state index in [1.54, 1.807) is 0 Å². The van der Waals surface area contributed by atoms with Gasteiger partial charge in [0.05, 0.1) is 0 Å². The van der Waals surface area contributed by atoms with Crippen LogP contribution in [-0.2, 0) is 0 Å². The maximum absolute atomic E-state index is 3.42. The number of rotatable bonds is 4. The van der Waals surface area contributed by atoms with Crippen molar-refractivity contribution >= 4 is 0 Å². The smallest absolute Gasteiger partial charge is 0.0343 e. The largest absolute Gasteiger partial charge is 0.313 e. The summed E-state index contributed by atoms with van der Waals surface area (Å²) in [5.74, 6) is 0.677. The Morgan fingerprint density at radius 1 is 1.13 bits per heavy atom. The molecule has 0 amide bonds. The number of nitrogens with one attached hydrogen (secondary N) is 1. The fourth-order valence-corrected chi connectivity index (χ4v) is 2.20. The highest BCUT2D eigenvalue weighted by Crippen LogP contribution is 2.25. The van der Waals surface area contributed by atoms with Crippen molar-refractivity contribution in [3.63, 3.8) is 0 Å². The van der Waals surface area contributed by atoms with Crippen LogP contribution in [0.5, 0.6) is 0 Å². The third-order valence-electron chi connectivity index (χ3n) is 3.13. The van der Waals surface area contributed by atoms with Gasteiger partial charge in [0.1, 0.15) is 0 Å². The fraction of sp³-hybridized carbons (Fsp3) is 0.571. The quantitative estimate of drug-likeness (QED) is 0.791. The average molecular weight is 205 g/mol. The van der Waals surface area contributed by atoms with Crippen molar-refractivity contribution in [2.75, 3.05) is 7.05 Å². The first-order chi connectivity index (χ1) is 7.08. The van der Waals surface area contributed by atoms with E-state index in [1.165, 1.54) is 23.1 Å². The SMILES string of the molecule is CCC(C)C(NC)c1cc(C)cc(C)c1. The van der Waals surface area contributed by atoms with E-state index in [-0.39, 0.29) is 0 Å². The maximum Gasteiger partial charge on any atom is 0.0343 e. The van der Waals surface area contributed by atoms with Gasteiger partial charge in [0, 0.05) is 6.04 Å². The molecule has 1 N–H and O–H groups in total. The van der Waals surface area contributed by atoms with Crippen LogP contribution in [0.1, 0.15) is 43.0 Å². The Labute approximate surface area is 93.9 Å². The lowest BCUT2D eigenvalue weighted by molar-refractivity contribution is 0.400. The summed E-state index contributed by atoms with van der Waals surface area (Å²) < 4.78 is 0. The van der Waals surface area contributed by atoms with Crippen LogP contribution in [-0.4, -0.2) is 7.05 Å². The Morgan fingerprint density at radius 2 is 1.67 bits per heavy atom. The molecule has 1 rings (SSSR count). The Hall–Kier alpha value is -0.820. The molecule has 2 unspecified atom stereocenters. The van der Waals surface area contributed by atoms with E-state index < -0.39 is 0 Å². The molecule has 15 heavy (non-hydrogen) atoms. The van der Waals surface area contributed by atoms with Crippen LogP contribution in [0.2, 0.25) is 0 Å². The molecule has 0 radical (unpaired) electrons. The van der Waals surface area contributed by atoms with Crippen molar-refractivity contribution in [3.05, 3.63) is 34.9 Å². The van der Waals surface area contributed by atoms with E-state index >= 15 is 0 Å². The normalized spacial score (nSPS) is 15.0. The molecule has 0 aliphatic rings. The lowest BCUT2D eigenvalue weighted by Crippen LogP contribution is -2.23. The first-order valence-corrected chi connectivity index (χ1v) is 5.84. The fourth-order valence-electron chi connectivity index (χ4n) is 2.20. The Morgan fingerprint density at radius 3 is 2.07 bits per heavy atom. The molecule has 0 aliphatic carbocycles. The van der Waals surface area contributed by atoms with Gasteiger partial charge in [0.2, 0.25) is 0 Å². The Kier molecular flexibility index (Phi) is 4.34.